The van der Waals surface area contributed by atoms with E-state index < -0.39 is 11.4 Å². The molecule has 0 aromatic heterocycles. The summed E-state index contributed by atoms with van der Waals surface area (Å²) in [6, 6.07) is 0. The lowest BCUT2D eigenvalue weighted by molar-refractivity contribution is -0.305. The molecule has 2 heterocycles. The van der Waals surface area contributed by atoms with Crippen LogP contribution in [-0.2, 0) is 19.0 Å². The molecule has 1 unspecified atom stereocenters. The highest BCUT2D eigenvalue weighted by atomic mass is 16.8. The highest BCUT2D eigenvalue weighted by molar-refractivity contribution is 5.82. The van der Waals surface area contributed by atoms with E-state index in [1.165, 1.54) is 0 Å². The van der Waals surface area contributed by atoms with Crippen LogP contribution in [0.25, 0.3) is 0 Å². The molecule has 3 rings (SSSR count). The lowest BCUT2D eigenvalue weighted by atomic mass is 9.85. The summed E-state index contributed by atoms with van der Waals surface area (Å²) in [5.74, 6) is -0.340. The standard InChI is InChI=1S/C11H16O4/c12-9-2-4-10(8-9)11(3-1-5-13-10)14-6-7-15-11/h1-8H2. The van der Waals surface area contributed by atoms with Gasteiger partial charge in [-0.2, -0.15) is 0 Å². The summed E-state index contributed by atoms with van der Waals surface area (Å²) in [5.41, 5.74) is -0.473. The summed E-state index contributed by atoms with van der Waals surface area (Å²) in [7, 11) is 0. The quantitative estimate of drug-likeness (QED) is 0.601. The molecular formula is C11H16O4. The Morgan fingerprint density at radius 1 is 1.00 bits per heavy atom. The van der Waals surface area contributed by atoms with Gasteiger partial charge < -0.3 is 14.2 Å². The smallest absolute Gasteiger partial charge is 0.198 e. The summed E-state index contributed by atoms with van der Waals surface area (Å²) >= 11 is 0. The maximum atomic E-state index is 11.5. The van der Waals surface area contributed by atoms with Crippen molar-refractivity contribution >= 4 is 5.78 Å². The van der Waals surface area contributed by atoms with Crippen molar-refractivity contribution in [1.82, 2.24) is 0 Å². The van der Waals surface area contributed by atoms with Crippen molar-refractivity contribution in [2.24, 2.45) is 0 Å². The third-order valence-corrected chi connectivity index (χ3v) is 3.77. The minimum absolute atomic E-state index is 0.273. The van der Waals surface area contributed by atoms with Crippen LogP contribution in [0.3, 0.4) is 0 Å². The molecule has 1 aliphatic carbocycles. The molecule has 2 aliphatic heterocycles. The van der Waals surface area contributed by atoms with Crippen molar-refractivity contribution in [2.45, 2.75) is 43.5 Å². The van der Waals surface area contributed by atoms with Crippen LogP contribution in [-0.4, -0.2) is 37.0 Å². The molecule has 4 nitrogen and oxygen atoms in total. The summed E-state index contributed by atoms with van der Waals surface area (Å²) in [6.07, 6.45) is 3.64. The van der Waals surface area contributed by atoms with Gasteiger partial charge in [-0.05, 0) is 12.8 Å². The van der Waals surface area contributed by atoms with Gasteiger partial charge in [-0.1, -0.05) is 0 Å². The highest BCUT2D eigenvalue weighted by Gasteiger charge is 2.61. The van der Waals surface area contributed by atoms with Crippen LogP contribution < -0.4 is 0 Å². The molecule has 0 bridgehead atoms. The Labute approximate surface area is 88.9 Å². The largest absolute Gasteiger partial charge is 0.369 e. The van der Waals surface area contributed by atoms with Gasteiger partial charge in [-0.15, -0.1) is 0 Å². The predicted molar refractivity (Wildman–Crippen MR) is 51.4 cm³/mol. The van der Waals surface area contributed by atoms with E-state index in [2.05, 4.69) is 0 Å². The Morgan fingerprint density at radius 2 is 1.80 bits per heavy atom. The van der Waals surface area contributed by atoms with Gasteiger partial charge in [-0.3, -0.25) is 4.79 Å². The number of hydrogen-bond acceptors (Lipinski definition) is 4. The first-order chi connectivity index (χ1) is 7.27. The van der Waals surface area contributed by atoms with Gasteiger partial charge in [0.05, 0.1) is 13.2 Å². The van der Waals surface area contributed by atoms with Crippen molar-refractivity contribution < 1.29 is 19.0 Å². The van der Waals surface area contributed by atoms with Crippen LogP contribution in [0.4, 0.5) is 0 Å². The second kappa shape index (κ2) is 3.27. The first-order valence-corrected chi connectivity index (χ1v) is 5.70. The average molecular weight is 212 g/mol. The second-order valence-electron chi connectivity index (χ2n) is 4.61. The van der Waals surface area contributed by atoms with Crippen LogP contribution in [0.5, 0.6) is 0 Å². The van der Waals surface area contributed by atoms with Crippen LogP contribution in [0.2, 0.25) is 0 Å². The third-order valence-electron chi connectivity index (χ3n) is 3.77. The first kappa shape index (κ1) is 9.75. The molecule has 3 aliphatic rings. The van der Waals surface area contributed by atoms with E-state index >= 15 is 0 Å². The van der Waals surface area contributed by atoms with Gasteiger partial charge in [-0.25, -0.2) is 0 Å². The molecule has 1 saturated carbocycles. The molecule has 3 fully saturated rings. The molecule has 0 amide bonds. The zero-order valence-electron chi connectivity index (χ0n) is 8.79. The summed E-state index contributed by atoms with van der Waals surface area (Å²) in [5, 5.41) is 0. The van der Waals surface area contributed by atoms with E-state index in [-0.39, 0.29) is 5.78 Å². The second-order valence-corrected chi connectivity index (χ2v) is 4.61. The zero-order chi connectivity index (χ0) is 10.4. The molecule has 84 valence electrons. The highest BCUT2D eigenvalue weighted by Crippen LogP contribution is 2.49. The first-order valence-electron chi connectivity index (χ1n) is 5.70. The topological polar surface area (TPSA) is 44.8 Å². The number of fused-ring (bicyclic) bond motifs is 1. The van der Waals surface area contributed by atoms with Gasteiger partial charge in [0.2, 0.25) is 0 Å². The van der Waals surface area contributed by atoms with E-state index in [9.17, 15) is 4.79 Å². The molecule has 4 heteroatoms. The van der Waals surface area contributed by atoms with Gasteiger partial charge in [0.15, 0.2) is 5.79 Å². The fourth-order valence-corrected chi connectivity index (χ4v) is 3.06. The Bertz CT molecular complexity index is 282. The van der Waals surface area contributed by atoms with Gasteiger partial charge in [0.25, 0.3) is 0 Å². The average Bonchev–Trinajstić information content (AvgIpc) is 2.81. The molecule has 0 N–H and O–H groups in total. The van der Waals surface area contributed by atoms with E-state index in [4.69, 9.17) is 14.2 Å². The lowest BCUT2D eigenvalue weighted by Crippen LogP contribution is -2.58. The molecule has 15 heavy (non-hydrogen) atoms. The van der Waals surface area contributed by atoms with E-state index in [0.29, 0.717) is 26.1 Å². The third kappa shape index (κ3) is 1.28. The Hall–Kier alpha value is -0.450. The van der Waals surface area contributed by atoms with Gasteiger partial charge in [0.1, 0.15) is 11.4 Å². The summed E-state index contributed by atoms with van der Waals surface area (Å²) in [6.45, 7) is 1.97. The number of Topliss-reactive ketones (excluding diaryl/α,β-unsaturated/α-hetero) is 1. The van der Waals surface area contributed by atoms with Crippen molar-refractivity contribution in [3.63, 3.8) is 0 Å². The Kier molecular flexibility index (Phi) is 2.13. The fraction of sp³-hybridized carbons (Fsp3) is 0.909. The molecule has 2 saturated heterocycles. The molecular weight excluding hydrogens is 196 g/mol. The van der Waals surface area contributed by atoms with Crippen molar-refractivity contribution in [1.29, 1.82) is 0 Å². The molecule has 0 radical (unpaired) electrons. The zero-order valence-corrected chi connectivity index (χ0v) is 8.79. The molecule has 0 aromatic rings. The maximum Gasteiger partial charge on any atom is 0.198 e. The Morgan fingerprint density at radius 3 is 2.47 bits per heavy atom. The molecule has 2 spiro atoms. The van der Waals surface area contributed by atoms with Crippen LogP contribution in [0.1, 0.15) is 32.1 Å². The number of rotatable bonds is 0. The lowest BCUT2D eigenvalue weighted by Gasteiger charge is -2.46. The van der Waals surface area contributed by atoms with E-state index in [1.807, 2.05) is 0 Å². The number of carbonyl (C=O) groups is 1. The van der Waals surface area contributed by atoms with Gasteiger partial charge in [0, 0.05) is 25.9 Å². The maximum absolute atomic E-state index is 11.5. The Balaban J connectivity index is 1.93. The van der Waals surface area contributed by atoms with Gasteiger partial charge >= 0.3 is 0 Å². The number of ether oxygens (including phenoxy) is 3. The minimum Gasteiger partial charge on any atom is -0.369 e. The number of hydrogen-bond donors (Lipinski definition) is 0. The van der Waals surface area contributed by atoms with Crippen LogP contribution >= 0.6 is 0 Å². The van der Waals surface area contributed by atoms with Crippen LogP contribution in [0, 0.1) is 0 Å². The fourth-order valence-electron chi connectivity index (χ4n) is 3.06. The summed E-state index contributed by atoms with van der Waals surface area (Å²) < 4.78 is 17.4. The van der Waals surface area contributed by atoms with Crippen molar-refractivity contribution in [3.8, 4) is 0 Å². The predicted octanol–water partition coefficient (Wildman–Crippen LogP) is 1.03. The number of ketones is 1. The molecule has 1 atom stereocenters. The normalized spacial score (nSPS) is 39.3. The molecule has 0 aromatic carbocycles. The van der Waals surface area contributed by atoms with Crippen molar-refractivity contribution in [2.75, 3.05) is 19.8 Å². The summed E-state index contributed by atoms with van der Waals surface area (Å²) in [4.78, 5) is 11.5. The SMILES string of the molecule is O=C1CCC2(C1)OCCCC21OCCO1. The van der Waals surface area contributed by atoms with Crippen molar-refractivity contribution in [3.05, 3.63) is 0 Å². The number of carbonyl (C=O) groups excluding carboxylic acids is 1. The monoisotopic (exact) mass is 212 g/mol. The minimum atomic E-state index is -0.614. The van der Waals surface area contributed by atoms with Crippen LogP contribution in [0.15, 0.2) is 0 Å². The van der Waals surface area contributed by atoms with E-state index in [0.717, 1.165) is 25.9 Å². The van der Waals surface area contributed by atoms with E-state index in [1.54, 1.807) is 0 Å².